The van der Waals surface area contributed by atoms with Crippen molar-refractivity contribution in [3.05, 3.63) is 17.9 Å². The van der Waals surface area contributed by atoms with Crippen molar-refractivity contribution >= 4 is 39.1 Å². The number of nitrogens with one attached hydrogen (secondary N) is 2. The van der Waals surface area contributed by atoms with Crippen LogP contribution < -0.4 is 10.6 Å². The molecule has 3 aromatic heterocycles. The molecule has 0 bridgehead atoms. The van der Waals surface area contributed by atoms with Crippen molar-refractivity contribution in [1.29, 1.82) is 0 Å². The molecular weight excluding hydrogens is 388 g/mol. The molecule has 5 rings (SSSR count). The lowest BCUT2D eigenvalue weighted by atomic mass is 9.90. The largest absolute Gasteiger partial charge is 0.379 e. The average Bonchev–Trinajstić information content (AvgIpc) is 3.38. The van der Waals surface area contributed by atoms with Crippen LogP contribution >= 0.6 is 11.3 Å². The Balaban J connectivity index is 1.28. The summed E-state index contributed by atoms with van der Waals surface area (Å²) in [4.78, 5) is 17.3. The number of nitrogens with zero attached hydrogens (tertiary/aromatic N) is 6. The van der Waals surface area contributed by atoms with E-state index in [9.17, 15) is 0 Å². The number of hydrogen-bond donors (Lipinski definition) is 2. The van der Waals surface area contributed by atoms with Gasteiger partial charge in [-0.15, -0.1) is 11.3 Å². The van der Waals surface area contributed by atoms with E-state index < -0.39 is 0 Å². The van der Waals surface area contributed by atoms with Crippen molar-refractivity contribution in [3.8, 4) is 0 Å². The Morgan fingerprint density at radius 3 is 2.72 bits per heavy atom. The fraction of sp³-hybridized carbons (Fsp3) is 0.579. The molecule has 0 aromatic carbocycles. The summed E-state index contributed by atoms with van der Waals surface area (Å²) >= 11 is 1.53. The highest BCUT2D eigenvalue weighted by atomic mass is 32.1. The Morgan fingerprint density at radius 1 is 1.14 bits per heavy atom. The summed E-state index contributed by atoms with van der Waals surface area (Å²) in [5, 5.41) is 11.1. The standard InChI is InChI=1S/C19H26N8OS/c1-26-11-14(10-21-26)23-19-24-17(16-18(25-19)29-12-20-16)22-13-2-4-15(5-3-13)27-6-8-28-9-7-27/h10-13,15H,2-9H2,1H3,(H2,22,23,24,25). The smallest absolute Gasteiger partial charge is 0.230 e. The number of hydrogen-bond acceptors (Lipinski definition) is 9. The van der Waals surface area contributed by atoms with Gasteiger partial charge in [-0.3, -0.25) is 9.58 Å². The molecule has 4 heterocycles. The number of ether oxygens (including phenoxy) is 1. The molecule has 2 fully saturated rings. The number of morpholine rings is 1. The lowest BCUT2D eigenvalue weighted by Gasteiger charge is -2.39. The van der Waals surface area contributed by atoms with Gasteiger partial charge in [-0.2, -0.15) is 15.1 Å². The Bertz CT molecular complexity index is 958. The zero-order valence-electron chi connectivity index (χ0n) is 16.5. The minimum absolute atomic E-state index is 0.415. The van der Waals surface area contributed by atoms with Gasteiger partial charge in [-0.1, -0.05) is 0 Å². The van der Waals surface area contributed by atoms with E-state index in [1.54, 1.807) is 10.9 Å². The van der Waals surface area contributed by atoms with Crippen molar-refractivity contribution < 1.29 is 4.74 Å². The van der Waals surface area contributed by atoms with E-state index in [-0.39, 0.29) is 0 Å². The van der Waals surface area contributed by atoms with E-state index >= 15 is 0 Å². The highest BCUT2D eigenvalue weighted by molar-refractivity contribution is 7.16. The molecule has 0 radical (unpaired) electrons. The second kappa shape index (κ2) is 8.21. The fourth-order valence-electron chi connectivity index (χ4n) is 4.25. The van der Waals surface area contributed by atoms with Crippen LogP contribution in [0.2, 0.25) is 0 Å². The van der Waals surface area contributed by atoms with Crippen LogP contribution in [-0.4, -0.2) is 68.0 Å². The molecule has 3 aromatic rings. The molecule has 2 aliphatic rings. The number of thiazole rings is 1. The Morgan fingerprint density at radius 2 is 1.97 bits per heavy atom. The van der Waals surface area contributed by atoms with Crippen LogP contribution in [-0.2, 0) is 11.8 Å². The average molecular weight is 415 g/mol. The van der Waals surface area contributed by atoms with Gasteiger partial charge in [0.2, 0.25) is 5.95 Å². The maximum atomic E-state index is 5.49. The fourth-order valence-corrected chi connectivity index (χ4v) is 4.91. The van der Waals surface area contributed by atoms with Crippen LogP contribution in [0.15, 0.2) is 17.9 Å². The van der Waals surface area contributed by atoms with Crippen molar-refractivity contribution in [3.63, 3.8) is 0 Å². The van der Waals surface area contributed by atoms with Crippen LogP contribution in [0.1, 0.15) is 25.7 Å². The Hall–Kier alpha value is -2.30. The third-order valence-corrected chi connectivity index (χ3v) is 6.48. The van der Waals surface area contributed by atoms with Gasteiger partial charge in [0.15, 0.2) is 10.6 Å². The van der Waals surface area contributed by atoms with E-state index in [4.69, 9.17) is 9.72 Å². The first-order chi connectivity index (χ1) is 14.2. The predicted molar refractivity (Wildman–Crippen MR) is 114 cm³/mol. The van der Waals surface area contributed by atoms with Gasteiger partial charge in [-0.25, -0.2) is 4.98 Å². The molecule has 1 aliphatic heterocycles. The minimum Gasteiger partial charge on any atom is -0.379 e. The van der Waals surface area contributed by atoms with Crippen molar-refractivity contribution in [2.75, 3.05) is 36.9 Å². The first-order valence-electron chi connectivity index (χ1n) is 10.2. The summed E-state index contributed by atoms with van der Waals surface area (Å²) < 4.78 is 7.24. The van der Waals surface area contributed by atoms with Crippen LogP contribution in [0.4, 0.5) is 17.5 Å². The van der Waals surface area contributed by atoms with Gasteiger partial charge in [0.1, 0.15) is 5.52 Å². The molecule has 10 heteroatoms. The maximum Gasteiger partial charge on any atom is 0.230 e. The van der Waals surface area contributed by atoms with Crippen molar-refractivity contribution in [2.24, 2.45) is 7.05 Å². The molecule has 0 unspecified atom stereocenters. The molecule has 2 N–H and O–H groups in total. The molecule has 9 nitrogen and oxygen atoms in total. The zero-order valence-corrected chi connectivity index (χ0v) is 17.4. The third kappa shape index (κ3) is 4.19. The number of anilines is 3. The molecule has 1 saturated carbocycles. The lowest BCUT2D eigenvalue weighted by Crippen LogP contribution is -2.46. The zero-order chi connectivity index (χ0) is 19.6. The quantitative estimate of drug-likeness (QED) is 0.658. The Kier molecular flexibility index (Phi) is 5.30. The molecule has 0 atom stereocenters. The summed E-state index contributed by atoms with van der Waals surface area (Å²) in [5.41, 5.74) is 3.55. The molecule has 0 amide bonds. The monoisotopic (exact) mass is 414 g/mol. The molecular formula is C19H26N8OS. The van der Waals surface area contributed by atoms with Crippen molar-refractivity contribution in [1.82, 2.24) is 29.6 Å². The van der Waals surface area contributed by atoms with Gasteiger partial charge in [0.05, 0.1) is 30.6 Å². The SMILES string of the molecule is Cn1cc(Nc2nc(NC3CCC(N4CCOCC4)CC3)c3ncsc3n2)cn1. The van der Waals surface area contributed by atoms with Gasteiger partial charge in [0.25, 0.3) is 0 Å². The minimum atomic E-state index is 0.415. The summed E-state index contributed by atoms with van der Waals surface area (Å²) in [6.45, 7) is 3.87. The highest BCUT2D eigenvalue weighted by Crippen LogP contribution is 2.30. The molecule has 29 heavy (non-hydrogen) atoms. The molecule has 0 spiro atoms. The molecule has 154 valence electrons. The first kappa shape index (κ1) is 18.7. The van der Waals surface area contributed by atoms with Crippen LogP contribution in [0.3, 0.4) is 0 Å². The normalized spacial score (nSPS) is 23.3. The van der Waals surface area contributed by atoms with Gasteiger partial charge >= 0.3 is 0 Å². The number of aryl methyl sites for hydroxylation is 1. The van der Waals surface area contributed by atoms with Gasteiger partial charge in [-0.05, 0) is 25.7 Å². The molecule has 1 aliphatic carbocycles. The number of rotatable bonds is 5. The summed E-state index contributed by atoms with van der Waals surface area (Å²) in [7, 11) is 1.89. The topological polar surface area (TPSA) is 93.0 Å². The molecule has 1 saturated heterocycles. The van der Waals surface area contributed by atoms with Crippen LogP contribution in [0.5, 0.6) is 0 Å². The second-order valence-electron chi connectivity index (χ2n) is 7.73. The lowest BCUT2D eigenvalue weighted by molar-refractivity contribution is 0.00791. The van der Waals surface area contributed by atoms with E-state index in [2.05, 4.69) is 30.6 Å². The predicted octanol–water partition coefficient (Wildman–Crippen LogP) is 2.62. The summed E-state index contributed by atoms with van der Waals surface area (Å²) in [6.07, 6.45) is 8.38. The van der Waals surface area contributed by atoms with E-state index in [0.29, 0.717) is 18.0 Å². The van der Waals surface area contributed by atoms with E-state index in [0.717, 1.165) is 61.0 Å². The summed E-state index contributed by atoms with van der Waals surface area (Å²) in [6, 6.07) is 1.10. The maximum absolute atomic E-state index is 5.49. The highest BCUT2D eigenvalue weighted by Gasteiger charge is 2.27. The second-order valence-corrected chi connectivity index (χ2v) is 8.56. The van der Waals surface area contributed by atoms with E-state index in [1.807, 2.05) is 18.8 Å². The first-order valence-corrected chi connectivity index (χ1v) is 11.1. The van der Waals surface area contributed by atoms with Crippen LogP contribution in [0, 0.1) is 0 Å². The van der Waals surface area contributed by atoms with Crippen molar-refractivity contribution in [2.45, 2.75) is 37.8 Å². The number of aromatic nitrogens is 5. The Labute approximate surface area is 173 Å². The van der Waals surface area contributed by atoms with Gasteiger partial charge < -0.3 is 15.4 Å². The third-order valence-electron chi connectivity index (χ3n) is 5.76. The van der Waals surface area contributed by atoms with E-state index in [1.165, 1.54) is 24.2 Å². The number of fused-ring (bicyclic) bond motifs is 1. The van der Waals surface area contributed by atoms with Crippen LogP contribution in [0.25, 0.3) is 10.3 Å². The van der Waals surface area contributed by atoms with Gasteiger partial charge in [0, 0.05) is 38.4 Å². The summed E-state index contributed by atoms with van der Waals surface area (Å²) in [5.74, 6) is 1.39.